The smallest absolute Gasteiger partial charge is 0.0241 e. The van der Waals surface area contributed by atoms with Gasteiger partial charge in [0.25, 0.3) is 0 Å². The molecule has 0 heterocycles. The second-order valence-corrected chi connectivity index (χ2v) is 2.43. The average molecular weight is 115 g/mol. The number of nitrogens with one attached hydrogen (secondary N) is 1. The lowest BCUT2D eigenvalue weighted by molar-refractivity contribution is 0.243. The minimum absolute atomic E-state index is 0.703. The molecule has 0 aliphatic carbocycles. The Bertz CT molecular complexity index is 52.5. The molecule has 0 aromatic carbocycles. The quantitative estimate of drug-likeness (QED) is 0.549. The molecule has 0 aliphatic rings. The van der Waals surface area contributed by atoms with Crippen molar-refractivity contribution in [1.29, 1.82) is 0 Å². The van der Waals surface area contributed by atoms with Gasteiger partial charge >= 0.3 is 0 Å². The van der Waals surface area contributed by atoms with E-state index in [1.807, 2.05) is 12.1 Å². The molecule has 0 fully saturated rings. The molecule has 49 valence electrons. The van der Waals surface area contributed by atoms with Crippen molar-refractivity contribution >= 4 is 0 Å². The SMILES string of the molecule is [CH2]NN(C)CC(C)C. The second-order valence-electron chi connectivity index (χ2n) is 2.43. The molecule has 0 aromatic rings. The third-order valence-electron chi connectivity index (χ3n) is 0.909. The minimum Gasteiger partial charge on any atom is -0.254 e. The molecule has 0 bridgehead atoms. The molecule has 0 spiro atoms. The fourth-order valence-corrected chi connectivity index (χ4v) is 0.612. The van der Waals surface area contributed by atoms with Gasteiger partial charge in [0.1, 0.15) is 0 Å². The van der Waals surface area contributed by atoms with E-state index in [1.54, 1.807) is 0 Å². The zero-order chi connectivity index (χ0) is 6.57. The summed E-state index contributed by atoms with van der Waals surface area (Å²) in [6, 6.07) is 0. The number of hydrazine groups is 1. The Hall–Kier alpha value is -0.0800. The molecule has 8 heavy (non-hydrogen) atoms. The average Bonchev–Trinajstić information content (AvgIpc) is 1.65. The Morgan fingerprint density at radius 1 is 1.62 bits per heavy atom. The van der Waals surface area contributed by atoms with E-state index in [1.165, 1.54) is 0 Å². The third-order valence-corrected chi connectivity index (χ3v) is 0.909. The fraction of sp³-hybridized carbons (Fsp3) is 0.833. The van der Waals surface area contributed by atoms with Crippen LogP contribution in [0.1, 0.15) is 13.8 Å². The second kappa shape index (κ2) is 3.87. The molecule has 0 aliphatic heterocycles. The molecule has 0 saturated carbocycles. The highest BCUT2D eigenvalue weighted by atomic mass is 15.5. The first kappa shape index (κ1) is 7.92. The van der Waals surface area contributed by atoms with Crippen molar-refractivity contribution in [2.75, 3.05) is 13.6 Å². The van der Waals surface area contributed by atoms with Crippen LogP contribution in [0.4, 0.5) is 0 Å². The normalized spacial score (nSPS) is 11.2. The van der Waals surface area contributed by atoms with Crippen molar-refractivity contribution in [3.8, 4) is 0 Å². The van der Waals surface area contributed by atoms with E-state index in [0.29, 0.717) is 5.92 Å². The topological polar surface area (TPSA) is 15.3 Å². The zero-order valence-corrected chi connectivity index (χ0v) is 5.94. The number of hydrogen-bond donors (Lipinski definition) is 1. The molecule has 0 rings (SSSR count). The highest BCUT2D eigenvalue weighted by Gasteiger charge is 1.95. The lowest BCUT2D eigenvalue weighted by Crippen LogP contribution is -2.32. The van der Waals surface area contributed by atoms with Gasteiger partial charge < -0.3 is 0 Å². The number of hydrogen-bond acceptors (Lipinski definition) is 2. The summed E-state index contributed by atoms with van der Waals surface area (Å²) in [5, 5.41) is 1.96. The van der Waals surface area contributed by atoms with Gasteiger partial charge in [0.2, 0.25) is 0 Å². The Morgan fingerprint density at radius 2 is 2.12 bits per heavy atom. The van der Waals surface area contributed by atoms with E-state index >= 15 is 0 Å². The van der Waals surface area contributed by atoms with Gasteiger partial charge in [-0.1, -0.05) is 13.8 Å². The van der Waals surface area contributed by atoms with Gasteiger partial charge in [-0.2, -0.15) is 0 Å². The van der Waals surface area contributed by atoms with Crippen LogP contribution in [0, 0.1) is 13.0 Å². The van der Waals surface area contributed by atoms with E-state index in [9.17, 15) is 0 Å². The Morgan fingerprint density at radius 3 is 2.25 bits per heavy atom. The maximum atomic E-state index is 3.51. The fourth-order valence-electron chi connectivity index (χ4n) is 0.612. The molecule has 0 amide bonds. The van der Waals surface area contributed by atoms with Crippen molar-refractivity contribution in [2.45, 2.75) is 13.8 Å². The first-order chi connectivity index (χ1) is 3.66. The highest BCUT2D eigenvalue weighted by Crippen LogP contribution is 1.90. The van der Waals surface area contributed by atoms with Crippen LogP contribution in [-0.4, -0.2) is 18.6 Å². The Kier molecular flexibility index (Phi) is 3.83. The van der Waals surface area contributed by atoms with Crippen LogP contribution < -0.4 is 5.43 Å². The monoisotopic (exact) mass is 115 g/mol. The summed E-state index contributed by atoms with van der Waals surface area (Å²) in [4.78, 5) is 0. The zero-order valence-electron chi connectivity index (χ0n) is 5.94. The Labute approximate surface area is 51.8 Å². The van der Waals surface area contributed by atoms with Crippen LogP contribution in [0.15, 0.2) is 0 Å². The van der Waals surface area contributed by atoms with Crippen LogP contribution in [0.25, 0.3) is 0 Å². The van der Waals surface area contributed by atoms with Crippen molar-refractivity contribution in [3.05, 3.63) is 7.05 Å². The summed E-state index contributed by atoms with van der Waals surface area (Å²) in [5.74, 6) is 0.703. The molecule has 1 N–H and O–H groups in total. The molecular weight excluding hydrogens is 100 g/mol. The predicted molar refractivity (Wildman–Crippen MR) is 36.0 cm³/mol. The first-order valence-electron chi connectivity index (χ1n) is 2.90. The van der Waals surface area contributed by atoms with Gasteiger partial charge in [0, 0.05) is 20.6 Å². The molecule has 0 saturated heterocycles. The van der Waals surface area contributed by atoms with Crippen molar-refractivity contribution in [1.82, 2.24) is 10.4 Å². The molecule has 2 nitrogen and oxygen atoms in total. The van der Waals surface area contributed by atoms with Gasteiger partial charge in [-0.15, -0.1) is 0 Å². The van der Waals surface area contributed by atoms with E-state index in [2.05, 4.69) is 26.3 Å². The molecule has 0 unspecified atom stereocenters. The molecule has 1 radical (unpaired) electrons. The highest BCUT2D eigenvalue weighted by molar-refractivity contribution is 4.47. The van der Waals surface area contributed by atoms with Crippen molar-refractivity contribution in [3.63, 3.8) is 0 Å². The summed E-state index contributed by atoms with van der Waals surface area (Å²) in [5.41, 5.74) is 2.78. The maximum Gasteiger partial charge on any atom is 0.0241 e. The van der Waals surface area contributed by atoms with Crippen LogP contribution in [-0.2, 0) is 0 Å². The molecule has 2 heteroatoms. The predicted octanol–water partition coefficient (Wildman–Crippen LogP) is 0.870. The summed E-state index contributed by atoms with van der Waals surface area (Å²) < 4.78 is 0. The molecular formula is C6H15N2. The van der Waals surface area contributed by atoms with Crippen LogP contribution >= 0.6 is 0 Å². The number of rotatable bonds is 3. The van der Waals surface area contributed by atoms with E-state index in [4.69, 9.17) is 0 Å². The standard InChI is InChI=1S/C6H15N2/c1-6(2)5-8(4)7-3/h6-7H,3,5H2,1-2,4H3. The largest absolute Gasteiger partial charge is 0.254 e. The third kappa shape index (κ3) is 4.09. The summed E-state index contributed by atoms with van der Waals surface area (Å²) in [7, 11) is 5.49. The van der Waals surface area contributed by atoms with Crippen LogP contribution in [0.2, 0.25) is 0 Å². The van der Waals surface area contributed by atoms with Gasteiger partial charge in [-0.25, -0.2) is 5.01 Å². The number of nitrogens with zero attached hydrogens (tertiary/aromatic N) is 1. The van der Waals surface area contributed by atoms with E-state index in [-0.39, 0.29) is 0 Å². The van der Waals surface area contributed by atoms with E-state index in [0.717, 1.165) is 6.54 Å². The summed E-state index contributed by atoms with van der Waals surface area (Å²) in [6.45, 7) is 5.39. The van der Waals surface area contributed by atoms with Gasteiger partial charge in [-0.05, 0) is 5.92 Å². The van der Waals surface area contributed by atoms with E-state index < -0.39 is 0 Å². The van der Waals surface area contributed by atoms with Crippen LogP contribution in [0.5, 0.6) is 0 Å². The van der Waals surface area contributed by atoms with Gasteiger partial charge in [-0.3, -0.25) is 5.43 Å². The minimum atomic E-state index is 0.703. The lowest BCUT2D eigenvalue weighted by Gasteiger charge is -2.16. The van der Waals surface area contributed by atoms with Crippen molar-refractivity contribution < 1.29 is 0 Å². The maximum absolute atomic E-state index is 3.51. The lowest BCUT2D eigenvalue weighted by atomic mass is 10.2. The Balaban J connectivity index is 3.10. The van der Waals surface area contributed by atoms with Crippen molar-refractivity contribution in [2.24, 2.45) is 5.92 Å². The van der Waals surface area contributed by atoms with Gasteiger partial charge in [0.15, 0.2) is 0 Å². The first-order valence-corrected chi connectivity index (χ1v) is 2.90. The molecule has 0 aromatic heterocycles. The van der Waals surface area contributed by atoms with Gasteiger partial charge in [0.05, 0.1) is 0 Å². The summed E-state index contributed by atoms with van der Waals surface area (Å²) in [6.07, 6.45) is 0. The summed E-state index contributed by atoms with van der Waals surface area (Å²) >= 11 is 0. The molecule has 0 atom stereocenters. The van der Waals surface area contributed by atoms with Crippen LogP contribution in [0.3, 0.4) is 0 Å².